The number of nitrogens with one attached hydrogen (secondary N) is 1. The summed E-state index contributed by atoms with van der Waals surface area (Å²) in [6.07, 6.45) is 1.50. The zero-order valence-electron chi connectivity index (χ0n) is 12.2. The van der Waals surface area contributed by atoms with Gasteiger partial charge < -0.3 is 14.2 Å². The molecule has 0 atom stereocenters. The third-order valence-corrected chi connectivity index (χ3v) is 3.42. The van der Waals surface area contributed by atoms with Crippen LogP contribution >= 0.6 is 11.6 Å². The van der Waals surface area contributed by atoms with E-state index < -0.39 is 0 Å². The number of carbonyl (C=O) groups is 1. The first kappa shape index (κ1) is 15.2. The summed E-state index contributed by atoms with van der Waals surface area (Å²) in [4.78, 5) is 11.9. The van der Waals surface area contributed by atoms with Gasteiger partial charge in [0.25, 0.3) is 5.91 Å². The topological polar surface area (TPSA) is 69.2 Å². The minimum absolute atomic E-state index is 0.152. The Hall–Kier alpha value is -2.73. The van der Waals surface area contributed by atoms with Gasteiger partial charge in [-0.05, 0) is 36.4 Å². The van der Waals surface area contributed by atoms with Crippen LogP contribution in [0.15, 0.2) is 41.5 Å². The number of halogens is 1. The van der Waals surface area contributed by atoms with Crippen molar-refractivity contribution in [3.8, 4) is 17.2 Å². The van der Waals surface area contributed by atoms with Gasteiger partial charge in [-0.15, -0.1) is 0 Å². The molecule has 0 spiro atoms. The predicted molar refractivity (Wildman–Crippen MR) is 85.6 cm³/mol. The number of fused-ring (bicyclic) bond motifs is 1. The van der Waals surface area contributed by atoms with E-state index in [1.165, 1.54) is 6.21 Å². The van der Waals surface area contributed by atoms with Gasteiger partial charge in [-0.3, -0.25) is 4.79 Å². The highest BCUT2D eigenvalue weighted by Gasteiger charge is 2.19. The Bertz CT molecular complexity index is 759. The average molecular weight is 333 g/mol. The molecule has 2 aromatic carbocycles. The molecule has 1 aliphatic rings. The SMILES string of the molecule is COc1cc(/C=N\NC(=O)c2ccc(Cl)cc2)cc2c1OCO2. The molecule has 0 saturated carbocycles. The molecular weight excluding hydrogens is 320 g/mol. The molecule has 0 aromatic heterocycles. The molecular formula is C16H13ClN2O4. The Balaban J connectivity index is 1.71. The van der Waals surface area contributed by atoms with Crippen molar-refractivity contribution < 1.29 is 19.0 Å². The summed E-state index contributed by atoms with van der Waals surface area (Å²) in [6, 6.07) is 10.0. The monoisotopic (exact) mass is 332 g/mol. The molecule has 0 radical (unpaired) electrons. The Labute approximate surface area is 137 Å². The van der Waals surface area contributed by atoms with Gasteiger partial charge in [0.05, 0.1) is 13.3 Å². The Morgan fingerprint density at radius 3 is 2.83 bits per heavy atom. The minimum Gasteiger partial charge on any atom is -0.493 e. The third-order valence-electron chi connectivity index (χ3n) is 3.17. The number of rotatable bonds is 4. The van der Waals surface area contributed by atoms with Gasteiger partial charge in [0.1, 0.15) is 0 Å². The summed E-state index contributed by atoms with van der Waals surface area (Å²) in [5.74, 6) is 1.36. The lowest BCUT2D eigenvalue weighted by Crippen LogP contribution is -2.17. The molecule has 1 heterocycles. The normalized spacial score (nSPS) is 12.4. The molecule has 1 aliphatic heterocycles. The number of nitrogens with zero attached hydrogens (tertiary/aromatic N) is 1. The molecule has 0 saturated heterocycles. The summed E-state index contributed by atoms with van der Waals surface area (Å²) < 4.78 is 15.9. The van der Waals surface area contributed by atoms with Gasteiger partial charge >= 0.3 is 0 Å². The fraction of sp³-hybridized carbons (Fsp3) is 0.125. The van der Waals surface area contributed by atoms with Gasteiger partial charge in [-0.2, -0.15) is 5.10 Å². The molecule has 0 unspecified atom stereocenters. The van der Waals surface area contributed by atoms with Crippen molar-refractivity contribution in [2.45, 2.75) is 0 Å². The maximum atomic E-state index is 11.9. The summed E-state index contributed by atoms with van der Waals surface area (Å²) in [5.41, 5.74) is 3.62. The van der Waals surface area contributed by atoms with Crippen LogP contribution in [0.3, 0.4) is 0 Å². The molecule has 1 N–H and O–H groups in total. The second-order valence-corrected chi connectivity index (χ2v) is 5.10. The van der Waals surface area contributed by atoms with Crippen LogP contribution in [0.1, 0.15) is 15.9 Å². The minimum atomic E-state index is -0.328. The van der Waals surface area contributed by atoms with Crippen molar-refractivity contribution in [2.75, 3.05) is 13.9 Å². The highest BCUT2D eigenvalue weighted by molar-refractivity contribution is 6.30. The first-order chi connectivity index (χ1) is 11.2. The van der Waals surface area contributed by atoms with E-state index in [2.05, 4.69) is 10.5 Å². The van der Waals surface area contributed by atoms with Gasteiger partial charge in [0.15, 0.2) is 11.5 Å². The van der Waals surface area contributed by atoms with E-state index in [1.54, 1.807) is 43.5 Å². The lowest BCUT2D eigenvalue weighted by molar-refractivity contribution is 0.0955. The van der Waals surface area contributed by atoms with Crippen LogP contribution < -0.4 is 19.6 Å². The molecule has 2 aromatic rings. The van der Waals surface area contributed by atoms with Crippen LogP contribution in [0.2, 0.25) is 5.02 Å². The highest BCUT2D eigenvalue weighted by Crippen LogP contribution is 2.41. The van der Waals surface area contributed by atoms with E-state index in [0.29, 0.717) is 33.4 Å². The number of hydrogen-bond acceptors (Lipinski definition) is 5. The van der Waals surface area contributed by atoms with Crippen LogP contribution in [-0.4, -0.2) is 26.0 Å². The van der Waals surface area contributed by atoms with E-state index in [1.807, 2.05) is 0 Å². The Kier molecular flexibility index (Phi) is 4.34. The third kappa shape index (κ3) is 3.37. The smallest absolute Gasteiger partial charge is 0.271 e. The second-order valence-electron chi connectivity index (χ2n) is 4.66. The van der Waals surface area contributed by atoms with E-state index in [0.717, 1.165) is 0 Å². The summed E-state index contributed by atoms with van der Waals surface area (Å²) in [7, 11) is 1.54. The van der Waals surface area contributed by atoms with E-state index >= 15 is 0 Å². The molecule has 7 heteroatoms. The van der Waals surface area contributed by atoms with Gasteiger partial charge in [-0.25, -0.2) is 5.43 Å². The summed E-state index contributed by atoms with van der Waals surface area (Å²) in [6.45, 7) is 0.152. The molecule has 6 nitrogen and oxygen atoms in total. The van der Waals surface area contributed by atoms with Crippen molar-refractivity contribution in [3.05, 3.63) is 52.5 Å². The van der Waals surface area contributed by atoms with Crippen LogP contribution in [0.25, 0.3) is 0 Å². The lowest BCUT2D eigenvalue weighted by Gasteiger charge is -2.05. The van der Waals surface area contributed by atoms with Crippen molar-refractivity contribution >= 4 is 23.7 Å². The maximum absolute atomic E-state index is 11.9. The fourth-order valence-corrected chi connectivity index (χ4v) is 2.18. The zero-order chi connectivity index (χ0) is 16.2. The molecule has 1 amide bonds. The largest absolute Gasteiger partial charge is 0.493 e. The molecule has 118 valence electrons. The molecule has 3 rings (SSSR count). The van der Waals surface area contributed by atoms with Gasteiger partial charge in [0.2, 0.25) is 12.5 Å². The molecule has 0 aliphatic carbocycles. The number of amides is 1. The van der Waals surface area contributed by atoms with Crippen LogP contribution in [0, 0.1) is 0 Å². The molecule has 0 fully saturated rings. The summed E-state index contributed by atoms with van der Waals surface area (Å²) in [5, 5.41) is 4.50. The second kappa shape index (κ2) is 6.58. The lowest BCUT2D eigenvalue weighted by atomic mass is 10.2. The quantitative estimate of drug-likeness (QED) is 0.690. The van der Waals surface area contributed by atoms with E-state index in [4.69, 9.17) is 25.8 Å². The van der Waals surface area contributed by atoms with Crippen molar-refractivity contribution in [1.82, 2.24) is 5.43 Å². The Morgan fingerprint density at radius 2 is 2.09 bits per heavy atom. The molecule has 23 heavy (non-hydrogen) atoms. The van der Waals surface area contributed by atoms with Crippen molar-refractivity contribution in [1.29, 1.82) is 0 Å². The average Bonchev–Trinajstić information content (AvgIpc) is 3.03. The molecule has 0 bridgehead atoms. The number of ether oxygens (including phenoxy) is 3. The number of hydrazone groups is 1. The summed E-state index contributed by atoms with van der Waals surface area (Å²) >= 11 is 5.78. The number of carbonyl (C=O) groups excluding carboxylic acids is 1. The van der Waals surface area contributed by atoms with Gasteiger partial charge in [-0.1, -0.05) is 11.6 Å². The maximum Gasteiger partial charge on any atom is 0.271 e. The zero-order valence-corrected chi connectivity index (χ0v) is 13.0. The predicted octanol–water partition coefficient (Wildman–Crippen LogP) is 2.84. The standard InChI is InChI=1S/C16H13ClN2O4/c1-21-13-6-10(7-14-15(13)23-9-22-14)8-18-19-16(20)11-2-4-12(17)5-3-11/h2-8H,9H2,1H3,(H,19,20)/b18-8-. The number of benzene rings is 2. The highest BCUT2D eigenvalue weighted by atomic mass is 35.5. The van der Waals surface area contributed by atoms with Crippen LogP contribution in [0.5, 0.6) is 17.2 Å². The van der Waals surface area contributed by atoms with Crippen molar-refractivity contribution in [3.63, 3.8) is 0 Å². The van der Waals surface area contributed by atoms with Crippen molar-refractivity contribution in [2.24, 2.45) is 5.10 Å². The van der Waals surface area contributed by atoms with E-state index in [-0.39, 0.29) is 12.7 Å². The fourth-order valence-electron chi connectivity index (χ4n) is 2.06. The van der Waals surface area contributed by atoms with Crippen LogP contribution in [0.4, 0.5) is 0 Å². The number of hydrogen-bond donors (Lipinski definition) is 1. The van der Waals surface area contributed by atoms with Gasteiger partial charge in [0, 0.05) is 16.1 Å². The number of methoxy groups -OCH3 is 1. The Morgan fingerprint density at radius 1 is 1.30 bits per heavy atom. The first-order valence-corrected chi connectivity index (χ1v) is 7.12. The van der Waals surface area contributed by atoms with E-state index in [9.17, 15) is 4.79 Å². The first-order valence-electron chi connectivity index (χ1n) is 6.74. The van der Waals surface area contributed by atoms with Crippen LogP contribution in [-0.2, 0) is 0 Å².